The smallest absolute Gasteiger partial charge is 0.237 e. The molecule has 0 aliphatic carbocycles. The van der Waals surface area contributed by atoms with Crippen molar-refractivity contribution in [3.05, 3.63) is 59.7 Å². The SMILES string of the molecule is Cc1ccc(CNC(=O)C(C)N(C)CCCOc2cccc(S(C)(=O)=O)c2)cc1. The molecule has 2 aromatic rings. The Hall–Kier alpha value is -2.38. The van der Waals surface area contributed by atoms with E-state index in [1.807, 2.05) is 50.1 Å². The molecule has 2 aromatic carbocycles. The number of carbonyl (C=O) groups excluding carboxylic acids is 1. The van der Waals surface area contributed by atoms with Crippen molar-refractivity contribution in [1.29, 1.82) is 0 Å². The van der Waals surface area contributed by atoms with Crippen LogP contribution >= 0.6 is 0 Å². The number of hydrogen-bond donors (Lipinski definition) is 1. The summed E-state index contributed by atoms with van der Waals surface area (Å²) in [4.78, 5) is 14.6. The molecular formula is C22H30N2O4S. The van der Waals surface area contributed by atoms with E-state index in [1.54, 1.807) is 18.2 Å². The maximum atomic E-state index is 12.4. The van der Waals surface area contributed by atoms with Gasteiger partial charge in [0.15, 0.2) is 9.84 Å². The Labute approximate surface area is 173 Å². The van der Waals surface area contributed by atoms with Crippen molar-refractivity contribution < 1.29 is 17.9 Å². The first-order valence-corrected chi connectivity index (χ1v) is 11.5. The molecule has 0 aromatic heterocycles. The molecule has 0 aliphatic rings. The first-order valence-electron chi connectivity index (χ1n) is 9.63. The van der Waals surface area contributed by atoms with Gasteiger partial charge in [-0.2, -0.15) is 0 Å². The van der Waals surface area contributed by atoms with Crippen molar-refractivity contribution in [2.45, 2.75) is 37.8 Å². The van der Waals surface area contributed by atoms with Gasteiger partial charge in [-0.15, -0.1) is 0 Å². The first kappa shape index (κ1) is 22.9. The van der Waals surface area contributed by atoms with Crippen LogP contribution in [0.25, 0.3) is 0 Å². The maximum Gasteiger partial charge on any atom is 0.237 e. The van der Waals surface area contributed by atoms with Gasteiger partial charge in [0, 0.05) is 19.3 Å². The number of hydrogen-bond acceptors (Lipinski definition) is 5. The van der Waals surface area contributed by atoms with Crippen LogP contribution < -0.4 is 10.1 Å². The summed E-state index contributed by atoms with van der Waals surface area (Å²) < 4.78 is 28.9. The van der Waals surface area contributed by atoms with E-state index >= 15 is 0 Å². The summed E-state index contributed by atoms with van der Waals surface area (Å²) in [5.74, 6) is 0.509. The van der Waals surface area contributed by atoms with Gasteiger partial charge in [0.25, 0.3) is 0 Å². The molecule has 2 rings (SSSR count). The molecule has 0 aliphatic heterocycles. The second-order valence-corrected chi connectivity index (χ2v) is 9.32. The molecule has 1 unspecified atom stereocenters. The molecule has 0 bridgehead atoms. The molecule has 1 atom stereocenters. The highest BCUT2D eigenvalue weighted by atomic mass is 32.2. The van der Waals surface area contributed by atoms with Gasteiger partial charge in [-0.3, -0.25) is 9.69 Å². The van der Waals surface area contributed by atoms with Crippen LogP contribution in [0.4, 0.5) is 0 Å². The Kier molecular flexibility index (Phi) is 8.22. The van der Waals surface area contributed by atoms with Crippen LogP contribution in [0.5, 0.6) is 5.75 Å². The van der Waals surface area contributed by atoms with E-state index in [0.717, 1.165) is 12.0 Å². The average Bonchev–Trinajstić information content (AvgIpc) is 2.69. The molecule has 6 nitrogen and oxygen atoms in total. The van der Waals surface area contributed by atoms with Crippen LogP contribution in [0.15, 0.2) is 53.4 Å². The van der Waals surface area contributed by atoms with Crippen LogP contribution in [0.3, 0.4) is 0 Å². The van der Waals surface area contributed by atoms with Crippen molar-refractivity contribution in [3.63, 3.8) is 0 Å². The molecule has 0 heterocycles. The second-order valence-electron chi connectivity index (χ2n) is 7.31. The zero-order valence-electron chi connectivity index (χ0n) is 17.5. The van der Waals surface area contributed by atoms with Crippen LogP contribution in [-0.4, -0.2) is 51.7 Å². The molecule has 0 spiro atoms. The Morgan fingerprint density at radius 3 is 2.52 bits per heavy atom. The highest BCUT2D eigenvalue weighted by molar-refractivity contribution is 7.90. The summed E-state index contributed by atoms with van der Waals surface area (Å²) >= 11 is 0. The molecular weight excluding hydrogens is 388 g/mol. The Morgan fingerprint density at radius 1 is 1.17 bits per heavy atom. The van der Waals surface area contributed by atoms with Gasteiger partial charge < -0.3 is 10.1 Å². The zero-order valence-corrected chi connectivity index (χ0v) is 18.3. The summed E-state index contributed by atoms with van der Waals surface area (Å²) in [6, 6.07) is 14.3. The van der Waals surface area contributed by atoms with E-state index in [-0.39, 0.29) is 16.8 Å². The predicted molar refractivity (Wildman–Crippen MR) is 115 cm³/mol. The van der Waals surface area contributed by atoms with Gasteiger partial charge in [0.2, 0.25) is 5.91 Å². The third kappa shape index (κ3) is 7.51. The van der Waals surface area contributed by atoms with Crippen molar-refractivity contribution in [3.8, 4) is 5.75 Å². The van der Waals surface area contributed by atoms with Crippen molar-refractivity contribution in [2.24, 2.45) is 0 Å². The number of rotatable bonds is 10. The minimum atomic E-state index is -3.25. The van der Waals surface area contributed by atoms with E-state index in [1.165, 1.54) is 17.9 Å². The number of amides is 1. The van der Waals surface area contributed by atoms with Gasteiger partial charge in [-0.05, 0) is 51.1 Å². The normalized spacial score (nSPS) is 12.6. The number of likely N-dealkylation sites (N-methyl/N-ethyl adjacent to an activating group) is 1. The third-order valence-electron chi connectivity index (χ3n) is 4.79. The second kappa shape index (κ2) is 10.4. The van der Waals surface area contributed by atoms with E-state index in [9.17, 15) is 13.2 Å². The quantitative estimate of drug-likeness (QED) is 0.601. The van der Waals surface area contributed by atoms with E-state index < -0.39 is 9.84 Å². The summed E-state index contributed by atoms with van der Waals surface area (Å²) in [6.45, 7) is 5.55. The van der Waals surface area contributed by atoms with Gasteiger partial charge in [0.05, 0.1) is 17.5 Å². The number of benzene rings is 2. The molecule has 0 saturated heterocycles. The van der Waals surface area contributed by atoms with Gasteiger partial charge >= 0.3 is 0 Å². The average molecular weight is 419 g/mol. The maximum absolute atomic E-state index is 12.4. The molecule has 29 heavy (non-hydrogen) atoms. The lowest BCUT2D eigenvalue weighted by atomic mass is 10.1. The number of nitrogens with one attached hydrogen (secondary N) is 1. The van der Waals surface area contributed by atoms with E-state index in [2.05, 4.69) is 5.32 Å². The molecule has 1 amide bonds. The number of carbonyl (C=O) groups is 1. The van der Waals surface area contributed by atoms with Gasteiger partial charge in [0.1, 0.15) is 5.75 Å². The molecule has 0 saturated carbocycles. The van der Waals surface area contributed by atoms with Gasteiger partial charge in [-0.1, -0.05) is 35.9 Å². The highest BCUT2D eigenvalue weighted by Crippen LogP contribution is 2.17. The van der Waals surface area contributed by atoms with Gasteiger partial charge in [-0.25, -0.2) is 8.42 Å². The number of nitrogens with zero attached hydrogens (tertiary/aromatic N) is 1. The fourth-order valence-corrected chi connectivity index (χ4v) is 3.39. The fraction of sp³-hybridized carbons (Fsp3) is 0.409. The van der Waals surface area contributed by atoms with Crippen LogP contribution in [0.2, 0.25) is 0 Å². The number of aryl methyl sites for hydroxylation is 1. The van der Waals surface area contributed by atoms with Crippen LogP contribution in [0.1, 0.15) is 24.5 Å². The number of sulfone groups is 1. The Morgan fingerprint density at radius 2 is 1.86 bits per heavy atom. The van der Waals surface area contributed by atoms with Crippen molar-refractivity contribution >= 4 is 15.7 Å². The standard InChI is InChI=1S/C22H30N2O4S/c1-17-9-11-19(12-10-17)16-23-22(25)18(2)24(3)13-6-14-28-20-7-5-8-21(15-20)29(4,26)27/h5,7-12,15,18H,6,13-14,16H2,1-4H3,(H,23,25). The Bertz CT molecular complexity index is 911. The van der Waals surface area contributed by atoms with E-state index in [0.29, 0.717) is 25.4 Å². The van der Waals surface area contributed by atoms with Crippen LogP contribution in [-0.2, 0) is 21.2 Å². The lowest BCUT2D eigenvalue weighted by molar-refractivity contribution is -0.125. The van der Waals surface area contributed by atoms with Crippen molar-refractivity contribution in [1.82, 2.24) is 10.2 Å². The predicted octanol–water partition coefficient (Wildman–Crippen LogP) is 2.80. The Balaban J connectivity index is 1.73. The molecule has 0 radical (unpaired) electrons. The zero-order chi connectivity index (χ0) is 21.4. The highest BCUT2D eigenvalue weighted by Gasteiger charge is 2.17. The minimum Gasteiger partial charge on any atom is -0.494 e. The lowest BCUT2D eigenvalue weighted by Crippen LogP contribution is -2.43. The number of ether oxygens (including phenoxy) is 1. The largest absolute Gasteiger partial charge is 0.494 e. The van der Waals surface area contributed by atoms with Crippen molar-refractivity contribution in [2.75, 3.05) is 26.5 Å². The molecule has 7 heteroatoms. The first-order chi connectivity index (χ1) is 13.7. The summed E-state index contributed by atoms with van der Waals surface area (Å²) in [6.07, 6.45) is 1.89. The monoisotopic (exact) mass is 418 g/mol. The summed E-state index contributed by atoms with van der Waals surface area (Å²) in [5, 5.41) is 2.97. The summed E-state index contributed by atoms with van der Waals surface area (Å²) in [5.41, 5.74) is 2.27. The topological polar surface area (TPSA) is 75.7 Å². The molecule has 1 N–H and O–H groups in total. The summed E-state index contributed by atoms with van der Waals surface area (Å²) in [7, 11) is -1.35. The fourth-order valence-electron chi connectivity index (χ4n) is 2.74. The lowest BCUT2D eigenvalue weighted by Gasteiger charge is -2.24. The van der Waals surface area contributed by atoms with Crippen LogP contribution in [0, 0.1) is 6.92 Å². The van der Waals surface area contributed by atoms with E-state index in [4.69, 9.17) is 4.74 Å². The third-order valence-corrected chi connectivity index (χ3v) is 5.90. The molecule has 158 valence electrons. The minimum absolute atomic E-state index is 0.0187. The molecule has 0 fully saturated rings.